The molecule has 0 spiro atoms. The summed E-state index contributed by atoms with van der Waals surface area (Å²) in [5.41, 5.74) is 5.50. The molecule has 0 radical (unpaired) electrons. The summed E-state index contributed by atoms with van der Waals surface area (Å²) in [5.74, 6) is -0.358. The number of nitrogens with two attached hydrogens (primary N) is 1. The topological polar surface area (TPSA) is 43.1 Å². The Morgan fingerprint density at radius 1 is 1.40 bits per heavy atom. The molecule has 2 N–H and O–H groups in total. The van der Waals surface area contributed by atoms with Crippen molar-refractivity contribution in [2.75, 3.05) is 0 Å². The normalized spacial score (nSPS) is 14.7. The molecular formula is C11H13Cl2NO. The monoisotopic (exact) mass is 245 g/mol. The third-order valence-electron chi connectivity index (χ3n) is 2.81. The van der Waals surface area contributed by atoms with Crippen LogP contribution in [0.4, 0.5) is 0 Å². The Balaban J connectivity index is 3.25. The van der Waals surface area contributed by atoms with Crippen LogP contribution < -0.4 is 5.73 Å². The molecule has 1 amide bonds. The van der Waals surface area contributed by atoms with Gasteiger partial charge in [-0.25, -0.2) is 0 Å². The van der Waals surface area contributed by atoms with Gasteiger partial charge in [-0.05, 0) is 31.0 Å². The van der Waals surface area contributed by atoms with E-state index in [0.717, 1.165) is 5.56 Å². The van der Waals surface area contributed by atoms with Gasteiger partial charge in [-0.1, -0.05) is 36.2 Å². The van der Waals surface area contributed by atoms with Gasteiger partial charge in [0.05, 0.1) is 15.5 Å². The van der Waals surface area contributed by atoms with Gasteiger partial charge in [0.1, 0.15) is 0 Å². The van der Waals surface area contributed by atoms with Crippen LogP contribution in [0.3, 0.4) is 0 Å². The fourth-order valence-electron chi connectivity index (χ4n) is 1.36. The Morgan fingerprint density at radius 2 is 2.00 bits per heavy atom. The molecule has 1 aromatic carbocycles. The second kappa shape index (κ2) is 4.42. The van der Waals surface area contributed by atoms with Crippen LogP contribution in [-0.2, 0) is 10.2 Å². The fraction of sp³-hybridized carbons (Fsp3) is 0.364. The Kier molecular flexibility index (Phi) is 3.63. The van der Waals surface area contributed by atoms with Crippen LogP contribution in [0.15, 0.2) is 18.2 Å². The smallest absolute Gasteiger partial charge is 0.227 e. The maximum atomic E-state index is 11.4. The van der Waals surface area contributed by atoms with Gasteiger partial charge in [-0.2, -0.15) is 0 Å². The summed E-state index contributed by atoms with van der Waals surface area (Å²) < 4.78 is 0. The number of amides is 1. The molecule has 0 heterocycles. The van der Waals surface area contributed by atoms with Gasteiger partial charge in [-0.15, -0.1) is 0 Å². The number of carbonyl (C=O) groups excluding carboxylic acids is 1. The molecule has 1 atom stereocenters. The van der Waals surface area contributed by atoms with E-state index in [0.29, 0.717) is 16.5 Å². The van der Waals surface area contributed by atoms with E-state index in [1.807, 2.05) is 6.92 Å². The molecule has 0 saturated carbocycles. The second-order valence-corrected chi connectivity index (χ2v) is 4.49. The van der Waals surface area contributed by atoms with Crippen LogP contribution in [-0.4, -0.2) is 5.91 Å². The van der Waals surface area contributed by atoms with Crippen LogP contribution in [0.1, 0.15) is 25.8 Å². The Morgan fingerprint density at radius 3 is 2.40 bits per heavy atom. The highest BCUT2D eigenvalue weighted by Crippen LogP contribution is 2.32. The van der Waals surface area contributed by atoms with Crippen LogP contribution in [0.2, 0.25) is 10.0 Å². The summed E-state index contributed by atoms with van der Waals surface area (Å²) in [5, 5.41) is 0.915. The standard InChI is InChI=1S/C11H13Cl2NO/c1-3-11(2,10(14)15)7-4-5-8(12)9(13)6-7/h4-6H,3H2,1-2H3,(H2,14,15). The Bertz CT molecular complexity index is 392. The summed E-state index contributed by atoms with van der Waals surface area (Å²) in [6, 6.07) is 5.15. The van der Waals surface area contributed by atoms with E-state index in [1.165, 1.54) is 0 Å². The Labute approximate surface area is 99.4 Å². The third kappa shape index (κ3) is 2.27. The van der Waals surface area contributed by atoms with E-state index < -0.39 is 5.41 Å². The zero-order valence-electron chi connectivity index (χ0n) is 8.68. The summed E-state index contributed by atoms with van der Waals surface area (Å²) in [6.07, 6.45) is 0.625. The van der Waals surface area contributed by atoms with Crippen molar-refractivity contribution in [2.24, 2.45) is 5.73 Å². The minimum Gasteiger partial charge on any atom is -0.369 e. The molecule has 15 heavy (non-hydrogen) atoms. The summed E-state index contributed by atoms with van der Waals surface area (Å²) in [4.78, 5) is 11.4. The first-order chi connectivity index (χ1) is 6.91. The lowest BCUT2D eigenvalue weighted by Gasteiger charge is -2.25. The minimum absolute atomic E-state index is 0.358. The van der Waals surface area contributed by atoms with Gasteiger partial charge in [0.15, 0.2) is 0 Å². The molecule has 0 aromatic heterocycles. The van der Waals surface area contributed by atoms with Crippen molar-refractivity contribution < 1.29 is 4.79 Å². The number of rotatable bonds is 3. The van der Waals surface area contributed by atoms with Crippen molar-refractivity contribution in [1.29, 1.82) is 0 Å². The molecule has 82 valence electrons. The van der Waals surface area contributed by atoms with Crippen molar-refractivity contribution >= 4 is 29.1 Å². The van der Waals surface area contributed by atoms with Crippen LogP contribution >= 0.6 is 23.2 Å². The van der Waals surface area contributed by atoms with Gasteiger partial charge >= 0.3 is 0 Å². The van der Waals surface area contributed by atoms with Gasteiger partial charge in [0, 0.05) is 0 Å². The minimum atomic E-state index is -0.686. The van der Waals surface area contributed by atoms with Gasteiger partial charge in [-0.3, -0.25) is 4.79 Å². The highest BCUT2D eigenvalue weighted by atomic mass is 35.5. The molecule has 1 unspecified atom stereocenters. The lowest BCUT2D eigenvalue weighted by molar-refractivity contribution is -0.123. The predicted octanol–water partition coefficient (Wildman–Crippen LogP) is 3.15. The second-order valence-electron chi connectivity index (χ2n) is 3.68. The molecule has 2 nitrogen and oxygen atoms in total. The maximum Gasteiger partial charge on any atom is 0.227 e. The average Bonchev–Trinajstić information content (AvgIpc) is 2.20. The van der Waals surface area contributed by atoms with Crippen molar-refractivity contribution in [1.82, 2.24) is 0 Å². The van der Waals surface area contributed by atoms with Crippen LogP contribution in [0.25, 0.3) is 0 Å². The van der Waals surface area contributed by atoms with E-state index in [-0.39, 0.29) is 5.91 Å². The highest BCUT2D eigenvalue weighted by Gasteiger charge is 2.31. The first kappa shape index (κ1) is 12.3. The molecule has 1 aromatic rings. The largest absolute Gasteiger partial charge is 0.369 e. The number of hydrogen-bond acceptors (Lipinski definition) is 1. The van der Waals surface area contributed by atoms with Crippen molar-refractivity contribution in [3.8, 4) is 0 Å². The summed E-state index contributed by atoms with van der Waals surface area (Å²) >= 11 is 11.7. The first-order valence-corrected chi connectivity index (χ1v) is 5.43. The fourth-order valence-corrected chi connectivity index (χ4v) is 1.66. The Hall–Kier alpha value is -0.730. The molecule has 0 fully saturated rings. The number of halogens is 2. The first-order valence-electron chi connectivity index (χ1n) is 4.67. The lowest BCUT2D eigenvalue weighted by atomic mass is 9.79. The van der Waals surface area contributed by atoms with Crippen molar-refractivity contribution in [2.45, 2.75) is 25.7 Å². The molecule has 0 aliphatic rings. The number of hydrogen-bond donors (Lipinski definition) is 1. The van der Waals surface area contributed by atoms with Gasteiger partial charge in [0.25, 0.3) is 0 Å². The molecule has 0 saturated heterocycles. The number of carbonyl (C=O) groups is 1. The van der Waals surface area contributed by atoms with Gasteiger partial charge < -0.3 is 5.73 Å². The maximum absolute atomic E-state index is 11.4. The van der Waals surface area contributed by atoms with Crippen molar-refractivity contribution in [3.63, 3.8) is 0 Å². The highest BCUT2D eigenvalue weighted by molar-refractivity contribution is 6.42. The molecule has 1 rings (SSSR count). The van der Waals surface area contributed by atoms with E-state index in [4.69, 9.17) is 28.9 Å². The van der Waals surface area contributed by atoms with Gasteiger partial charge in [0.2, 0.25) is 5.91 Å². The van der Waals surface area contributed by atoms with E-state index in [2.05, 4.69) is 0 Å². The van der Waals surface area contributed by atoms with Crippen LogP contribution in [0, 0.1) is 0 Å². The molecule has 0 aliphatic heterocycles. The quantitative estimate of drug-likeness (QED) is 0.874. The molecule has 0 bridgehead atoms. The molecule has 4 heteroatoms. The van der Waals surface area contributed by atoms with E-state index >= 15 is 0 Å². The molecular weight excluding hydrogens is 233 g/mol. The van der Waals surface area contributed by atoms with E-state index in [9.17, 15) is 4.79 Å². The van der Waals surface area contributed by atoms with E-state index in [1.54, 1.807) is 25.1 Å². The zero-order valence-corrected chi connectivity index (χ0v) is 10.2. The lowest BCUT2D eigenvalue weighted by Crippen LogP contribution is -2.37. The third-order valence-corrected chi connectivity index (χ3v) is 3.55. The number of benzene rings is 1. The van der Waals surface area contributed by atoms with Crippen molar-refractivity contribution in [3.05, 3.63) is 33.8 Å². The average molecular weight is 246 g/mol. The zero-order chi connectivity index (χ0) is 11.6. The van der Waals surface area contributed by atoms with Crippen LogP contribution in [0.5, 0.6) is 0 Å². The molecule has 0 aliphatic carbocycles. The predicted molar refractivity (Wildman–Crippen MR) is 63.3 cm³/mol. The number of primary amides is 1. The summed E-state index contributed by atoms with van der Waals surface area (Å²) in [6.45, 7) is 3.71. The summed E-state index contributed by atoms with van der Waals surface area (Å²) in [7, 11) is 0. The SMILES string of the molecule is CCC(C)(C(N)=O)c1ccc(Cl)c(Cl)c1.